The largest absolute Gasteiger partial charge is 0.289 e. The highest BCUT2D eigenvalue weighted by atomic mass is 16.1. The average molecular weight is 791 g/mol. The van der Waals surface area contributed by atoms with E-state index >= 15 is 0 Å². The van der Waals surface area contributed by atoms with Gasteiger partial charge < -0.3 is 0 Å². The minimum Gasteiger partial charge on any atom is -0.289 e. The van der Waals surface area contributed by atoms with Gasteiger partial charge in [-0.3, -0.25) is 9.59 Å². The van der Waals surface area contributed by atoms with Crippen LogP contribution in [0.15, 0.2) is 105 Å². The average Bonchev–Trinajstić information content (AvgIpc) is 3.17. The second-order valence-corrected chi connectivity index (χ2v) is 18.8. The maximum atomic E-state index is 13.1. The zero-order valence-electron chi connectivity index (χ0n) is 39.5. The molecule has 0 aliphatic heterocycles. The minimum atomic E-state index is -0.00820. The molecule has 0 bridgehead atoms. The van der Waals surface area contributed by atoms with Gasteiger partial charge in [-0.1, -0.05) is 147 Å². The highest BCUT2D eigenvalue weighted by Gasteiger charge is 2.28. The molecule has 0 radical (unpaired) electrons. The molecule has 0 amide bonds. The van der Waals surface area contributed by atoms with Gasteiger partial charge in [0.1, 0.15) is 0 Å². The number of carbonyl (C=O) groups excluding carboxylic acids is 2. The first-order valence-electron chi connectivity index (χ1n) is 23.5. The predicted molar refractivity (Wildman–Crippen MR) is 256 cm³/mol. The van der Waals surface area contributed by atoms with E-state index in [4.69, 9.17) is 0 Å². The zero-order valence-corrected chi connectivity index (χ0v) is 39.5. The van der Waals surface area contributed by atoms with Crippen molar-refractivity contribution in [3.63, 3.8) is 0 Å². The fraction of sp³-hybridized carbons (Fsp3) is 0.607. The molecule has 0 spiro atoms. The number of rotatable bonds is 29. The number of Topliss-reactive ketones (excluding diaryl/α,β-unsaturated/α-hetero) is 2. The predicted octanol–water partition coefficient (Wildman–Crippen LogP) is 17.8. The Hall–Kier alpha value is -3.26. The molecule has 1 aliphatic rings. The van der Waals surface area contributed by atoms with Gasteiger partial charge in [-0.2, -0.15) is 0 Å². The molecule has 2 heteroatoms. The van der Waals surface area contributed by atoms with E-state index in [-0.39, 0.29) is 11.6 Å². The summed E-state index contributed by atoms with van der Waals surface area (Å²) in [6, 6.07) is 7.21. The quantitative estimate of drug-likeness (QED) is 0.0758. The van der Waals surface area contributed by atoms with Crippen LogP contribution in [0, 0.1) is 17.8 Å². The Kier molecular flexibility index (Phi) is 25.5. The summed E-state index contributed by atoms with van der Waals surface area (Å²) in [5.74, 6) is 2.35. The summed E-state index contributed by atoms with van der Waals surface area (Å²) in [4.78, 5) is 25.8. The van der Waals surface area contributed by atoms with Crippen LogP contribution in [0.2, 0.25) is 0 Å². The van der Waals surface area contributed by atoms with Crippen LogP contribution in [0.25, 0.3) is 0 Å². The number of hydrogen-bond acceptors (Lipinski definition) is 2. The molecule has 1 aliphatic carbocycles. The minimum absolute atomic E-state index is 0.00820. The Morgan fingerprint density at radius 2 is 0.845 bits per heavy atom. The maximum Gasteiger partial charge on any atom is 0.190 e. The lowest BCUT2D eigenvalue weighted by molar-refractivity contribution is 0.0973. The molecule has 2 nitrogen and oxygen atoms in total. The van der Waals surface area contributed by atoms with Crippen molar-refractivity contribution in [3.8, 4) is 0 Å². The van der Waals surface area contributed by atoms with E-state index in [2.05, 4.69) is 106 Å². The van der Waals surface area contributed by atoms with Gasteiger partial charge in [-0.05, 0) is 169 Å². The molecule has 1 aromatic carbocycles. The van der Waals surface area contributed by atoms with Crippen molar-refractivity contribution in [3.05, 3.63) is 116 Å². The van der Waals surface area contributed by atoms with Crippen molar-refractivity contribution in [2.75, 3.05) is 0 Å². The van der Waals surface area contributed by atoms with E-state index in [0.29, 0.717) is 28.7 Å². The van der Waals surface area contributed by atoms with Crippen molar-refractivity contribution in [2.45, 2.75) is 205 Å². The fourth-order valence-electron chi connectivity index (χ4n) is 8.20. The lowest BCUT2D eigenvalue weighted by atomic mass is 9.83. The van der Waals surface area contributed by atoms with E-state index in [1.54, 1.807) is 30.2 Å². The van der Waals surface area contributed by atoms with E-state index < -0.39 is 0 Å². The van der Waals surface area contributed by atoms with Crippen molar-refractivity contribution in [1.29, 1.82) is 0 Å². The molecule has 3 atom stereocenters. The standard InChI is InChI=1S/C56H86O2/c1-42(2)22-14-23-43(3)24-15-25-44(4)26-16-27-45(5)28-17-29-46(6)30-18-31-47(7)32-19-33-48(8)34-20-35-49(9)36-21-37-50(10)40-41-52-51(11)55(57)53-38-12-13-39-54(53)56(52)58/h12-13,22,26,28,30,32,38-40,43,48-49H,14-21,23-25,27,29,31,33-37,41H2,1-11H3/b44-26+,45-28+,46-30+,47-32+,50-40+. The highest BCUT2D eigenvalue weighted by Crippen LogP contribution is 2.29. The maximum absolute atomic E-state index is 13.1. The molecular weight excluding hydrogens is 705 g/mol. The molecule has 0 saturated heterocycles. The molecule has 0 fully saturated rings. The van der Waals surface area contributed by atoms with E-state index in [0.717, 1.165) is 37.0 Å². The molecule has 0 heterocycles. The number of hydrogen-bond donors (Lipinski definition) is 0. The summed E-state index contributed by atoms with van der Waals surface area (Å²) in [6.45, 7) is 24.9. The van der Waals surface area contributed by atoms with Gasteiger partial charge >= 0.3 is 0 Å². The molecule has 0 N–H and O–H groups in total. The molecular formula is C56H86O2. The van der Waals surface area contributed by atoms with Crippen LogP contribution in [0.1, 0.15) is 225 Å². The SMILES string of the molecule is CC(C)=CCCC(C)CCC/C(C)=C/CC/C(C)=C/CC/C(C)=C/CC/C(C)=C/CCC(C)CCCC(C)CCC/C(C)=C/CC1=C(C)C(=O)c2ccccc2C1=O. The second-order valence-electron chi connectivity index (χ2n) is 18.8. The Balaban J connectivity index is 1.53. The van der Waals surface area contributed by atoms with Crippen molar-refractivity contribution < 1.29 is 9.59 Å². The lowest BCUT2D eigenvalue weighted by Crippen LogP contribution is -2.20. The third-order valence-electron chi connectivity index (χ3n) is 12.5. The van der Waals surface area contributed by atoms with Crippen LogP contribution in [0.4, 0.5) is 0 Å². The van der Waals surface area contributed by atoms with Gasteiger partial charge in [0.15, 0.2) is 11.6 Å². The van der Waals surface area contributed by atoms with Crippen LogP contribution >= 0.6 is 0 Å². The summed E-state index contributed by atoms with van der Waals surface area (Å²) < 4.78 is 0. The normalized spacial score (nSPS) is 16.2. The summed E-state index contributed by atoms with van der Waals surface area (Å²) in [7, 11) is 0. The molecule has 58 heavy (non-hydrogen) atoms. The molecule has 3 unspecified atom stereocenters. The van der Waals surface area contributed by atoms with Gasteiger partial charge in [-0.25, -0.2) is 0 Å². The molecule has 0 aromatic heterocycles. The van der Waals surface area contributed by atoms with Gasteiger partial charge in [0, 0.05) is 22.3 Å². The van der Waals surface area contributed by atoms with Gasteiger partial charge in [0.25, 0.3) is 0 Å². The topological polar surface area (TPSA) is 34.1 Å². The fourth-order valence-corrected chi connectivity index (χ4v) is 8.20. The van der Waals surface area contributed by atoms with Crippen LogP contribution in [-0.4, -0.2) is 11.6 Å². The molecule has 0 saturated carbocycles. The number of benzene rings is 1. The first-order valence-corrected chi connectivity index (χ1v) is 23.5. The first-order chi connectivity index (χ1) is 27.7. The number of fused-ring (bicyclic) bond motifs is 1. The Labute approximate surface area is 358 Å². The monoisotopic (exact) mass is 791 g/mol. The highest BCUT2D eigenvalue weighted by molar-refractivity contribution is 6.26. The van der Waals surface area contributed by atoms with Crippen LogP contribution in [-0.2, 0) is 0 Å². The van der Waals surface area contributed by atoms with Crippen LogP contribution in [0.5, 0.6) is 0 Å². The van der Waals surface area contributed by atoms with E-state index in [9.17, 15) is 9.59 Å². The van der Waals surface area contributed by atoms with Crippen molar-refractivity contribution in [2.24, 2.45) is 17.8 Å². The zero-order chi connectivity index (χ0) is 42.9. The first kappa shape index (κ1) is 50.9. The Morgan fingerprint density at radius 1 is 0.466 bits per heavy atom. The molecule has 2 rings (SSSR count). The molecule has 322 valence electrons. The van der Waals surface area contributed by atoms with Gasteiger partial charge in [0.2, 0.25) is 0 Å². The number of carbonyl (C=O) groups is 2. The van der Waals surface area contributed by atoms with Crippen LogP contribution < -0.4 is 0 Å². The Bertz CT molecular complexity index is 1630. The summed E-state index contributed by atoms with van der Waals surface area (Å²) in [5, 5.41) is 0. The summed E-state index contributed by atoms with van der Waals surface area (Å²) >= 11 is 0. The second kappa shape index (κ2) is 29.0. The van der Waals surface area contributed by atoms with Crippen molar-refractivity contribution in [1.82, 2.24) is 0 Å². The van der Waals surface area contributed by atoms with Gasteiger partial charge in [0.05, 0.1) is 0 Å². The summed E-state index contributed by atoms with van der Waals surface area (Å²) in [5.41, 5.74) is 11.3. The van der Waals surface area contributed by atoms with E-state index in [1.165, 1.54) is 125 Å². The van der Waals surface area contributed by atoms with E-state index in [1.807, 2.05) is 12.1 Å². The third kappa shape index (κ3) is 21.7. The number of ketones is 2. The number of allylic oxidation sites excluding steroid dienone is 14. The molecule has 1 aromatic rings. The van der Waals surface area contributed by atoms with Crippen molar-refractivity contribution >= 4 is 11.6 Å². The van der Waals surface area contributed by atoms with Gasteiger partial charge in [-0.15, -0.1) is 0 Å². The third-order valence-corrected chi connectivity index (χ3v) is 12.5. The lowest BCUT2D eigenvalue weighted by Gasteiger charge is -2.18. The van der Waals surface area contributed by atoms with Crippen LogP contribution in [0.3, 0.4) is 0 Å². The Morgan fingerprint density at radius 3 is 1.33 bits per heavy atom. The smallest absolute Gasteiger partial charge is 0.190 e. The summed E-state index contributed by atoms with van der Waals surface area (Å²) in [6.07, 6.45) is 38.4.